The molecule has 2 aromatic heterocycles. The predicted molar refractivity (Wildman–Crippen MR) is 125 cm³/mol. The predicted octanol–water partition coefficient (Wildman–Crippen LogP) is 3.07. The van der Waals surface area contributed by atoms with Gasteiger partial charge in [0.15, 0.2) is 5.65 Å². The van der Waals surface area contributed by atoms with Crippen molar-refractivity contribution in [1.82, 2.24) is 19.9 Å². The van der Waals surface area contributed by atoms with Crippen molar-refractivity contribution in [3.63, 3.8) is 0 Å². The summed E-state index contributed by atoms with van der Waals surface area (Å²) in [6, 6.07) is 1.95. The summed E-state index contributed by atoms with van der Waals surface area (Å²) in [5.74, 6) is 1.41. The van der Waals surface area contributed by atoms with Crippen LogP contribution in [0.3, 0.4) is 0 Å². The Morgan fingerprint density at radius 3 is 2.67 bits per heavy atom. The molecule has 0 radical (unpaired) electrons. The standard InChI is InChI=1S/C21H26BrN7O/c1-14(5-6-15(2)23-4)12-24-19-18-11-17(22)13-25-20(18)27-21(26-19)29-9-7-28(8-10-29)16(3)30/h5-6,11,13H,1,7-10,12H2,2-4H3,(H,24,25,26,27)/b6-5-,23-15-. The van der Waals surface area contributed by atoms with Crippen molar-refractivity contribution in [1.29, 1.82) is 0 Å². The van der Waals surface area contributed by atoms with Gasteiger partial charge >= 0.3 is 0 Å². The molecule has 1 amide bonds. The zero-order valence-electron chi connectivity index (χ0n) is 17.5. The monoisotopic (exact) mass is 471 g/mol. The van der Waals surface area contributed by atoms with Gasteiger partial charge in [-0.15, -0.1) is 0 Å². The van der Waals surface area contributed by atoms with Crippen LogP contribution >= 0.6 is 15.9 Å². The Balaban J connectivity index is 1.83. The minimum Gasteiger partial charge on any atom is -0.365 e. The average Bonchev–Trinajstić information content (AvgIpc) is 2.75. The van der Waals surface area contributed by atoms with Crippen molar-refractivity contribution >= 4 is 50.3 Å². The Labute approximate surface area is 184 Å². The molecular weight excluding hydrogens is 446 g/mol. The number of fused-ring (bicyclic) bond motifs is 1. The highest BCUT2D eigenvalue weighted by atomic mass is 79.9. The van der Waals surface area contributed by atoms with Gasteiger partial charge in [0.05, 0.1) is 5.39 Å². The van der Waals surface area contributed by atoms with Gasteiger partial charge in [0, 0.05) is 63.1 Å². The molecule has 0 unspecified atom stereocenters. The molecule has 0 aliphatic carbocycles. The first kappa shape index (κ1) is 21.9. The van der Waals surface area contributed by atoms with E-state index in [0.717, 1.165) is 21.1 Å². The summed E-state index contributed by atoms with van der Waals surface area (Å²) in [7, 11) is 1.76. The molecule has 0 atom stereocenters. The molecule has 3 heterocycles. The van der Waals surface area contributed by atoms with Gasteiger partial charge in [-0.2, -0.15) is 9.97 Å². The van der Waals surface area contributed by atoms with E-state index in [1.165, 1.54) is 0 Å². The van der Waals surface area contributed by atoms with Crippen molar-refractivity contribution in [3.8, 4) is 0 Å². The van der Waals surface area contributed by atoms with E-state index < -0.39 is 0 Å². The highest BCUT2D eigenvalue weighted by Crippen LogP contribution is 2.25. The summed E-state index contributed by atoms with van der Waals surface area (Å²) in [5, 5.41) is 4.20. The van der Waals surface area contributed by atoms with E-state index in [-0.39, 0.29) is 5.91 Å². The van der Waals surface area contributed by atoms with E-state index >= 15 is 0 Å². The van der Waals surface area contributed by atoms with Crippen molar-refractivity contribution in [2.24, 2.45) is 4.99 Å². The molecule has 8 nitrogen and oxygen atoms in total. The van der Waals surface area contributed by atoms with Gasteiger partial charge in [-0.25, -0.2) is 4.98 Å². The number of allylic oxidation sites excluding steroid dienone is 1. The average molecular weight is 472 g/mol. The number of aromatic nitrogens is 3. The molecule has 1 aliphatic rings. The molecule has 3 rings (SSSR count). The van der Waals surface area contributed by atoms with Crippen LogP contribution in [0.25, 0.3) is 11.0 Å². The SMILES string of the molecule is C=C(/C=C\C(C)=N/C)CNc1nc(N2CCN(C(C)=O)CC2)nc2ncc(Br)cc12. The van der Waals surface area contributed by atoms with E-state index in [1.807, 2.05) is 30.0 Å². The maximum absolute atomic E-state index is 11.6. The molecule has 2 aromatic rings. The fourth-order valence-electron chi connectivity index (χ4n) is 3.04. The summed E-state index contributed by atoms with van der Waals surface area (Å²) >= 11 is 3.47. The van der Waals surface area contributed by atoms with Crippen molar-refractivity contribution in [2.45, 2.75) is 13.8 Å². The lowest BCUT2D eigenvalue weighted by atomic mass is 10.2. The maximum Gasteiger partial charge on any atom is 0.229 e. The summed E-state index contributed by atoms with van der Waals surface area (Å²) in [6.07, 6.45) is 5.60. The van der Waals surface area contributed by atoms with E-state index in [4.69, 9.17) is 4.98 Å². The Bertz CT molecular complexity index is 1010. The minimum atomic E-state index is 0.0953. The third-order valence-corrected chi connectivity index (χ3v) is 5.34. The van der Waals surface area contributed by atoms with Gasteiger partial charge in [-0.05, 0) is 40.6 Å². The second-order valence-corrected chi connectivity index (χ2v) is 8.02. The maximum atomic E-state index is 11.6. The molecule has 30 heavy (non-hydrogen) atoms. The molecule has 0 bridgehead atoms. The summed E-state index contributed by atoms with van der Waals surface area (Å²) in [4.78, 5) is 33.5. The number of halogens is 1. The van der Waals surface area contributed by atoms with E-state index in [0.29, 0.717) is 50.1 Å². The molecular formula is C21H26BrN7O. The second-order valence-electron chi connectivity index (χ2n) is 7.10. The lowest BCUT2D eigenvalue weighted by Gasteiger charge is -2.34. The van der Waals surface area contributed by atoms with Gasteiger partial charge in [-0.3, -0.25) is 9.79 Å². The van der Waals surface area contributed by atoms with Crippen LogP contribution in [0.4, 0.5) is 11.8 Å². The third kappa shape index (κ3) is 5.41. The zero-order valence-corrected chi connectivity index (χ0v) is 19.1. The van der Waals surface area contributed by atoms with Crippen LogP contribution in [0.2, 0.25) is 0 Å². The Morgan fingerprint density at radius 1 is 1.27 bits per heavy atom. The van der Waals surface area contributed by atoms with Crippen LogP contribution in [0.5, 0.6) is 0 Å². The topological polar surface area (TPSA) is 86.6 Å². The van der Waals surface area contributed by atoms with Crippen molar-refractivity contribution < 1.29 is 4.79 Å². The Hall–Kier alpha value is -2.81. The normalized spacial score (nSPS) is 15.1. The lowest BCUT2D eigenvalue weighted by molar-refractivity contribution is -0.129. The number of hydrogen-bond acceptors (Lipinski definition) is 7. The molecule has 0 spiro atoms. The number of nitrogens with zero attached hydrogens (tertiary/aromatic N) is 6. The van der Waals surface area contributed by atoms with Crippen LogP contribution < -0.4 is 10.2 Å². The summed E-state index contributed by atoms with van der Waals surface area (Å²) < 4.78 is 0.859. The third-order valence-electron chi connectivity index (χ3n) is 4.91. The van der Waals surface area contributed by atoms with E-state index in [9.17, 15) is 4.79 Å². The molecule has 158 valence electrons. The van der Waals surface area contributed by atoms with E-state index in [1.54, 1.807) is 20.2 Å². The molecule has 0 aromatic carbocycles. The van der Waals surface area contributed by atoms with Crippen LogP contribution in [0.1, 0.15) is 13.8 Å². The molecule has 9 heteroatoms. The first-order valence-corrected chi connectivity index (χ1v) is 10.5. The number of carbonyl (C=O) groups is 1. The number of amides is 1. The van der Waals surface area contributed by atoms with Crippen LogP contribution in [-0.4, -0.2) is 71.2 Å². The number of hydrogen-bond donors (Lipinski definition) is 1. The minimum absolute atomic E-state index is 0.0953. The molecule has 0 saturated carbocycles. The van der Waals surface area contributed by atoms with Gasteiger partial charge < -0.3 is 15.1 Å². The molecule has 1 fully saturated rings. The Kier molecular flexibility index (Phi) is 7.15. The highest BCUT2D eigenvalue weighted by Gasteiger charge is 2.22. The fraction of sp³-hybridized carbons (Fsp3) is 0.381. The number of aliphatic imine (C=N–C) groups is 1. The summed E-state index contributed by atoms with van der Waals surface area (Å²) in [6.45, 7) is 10.9. The lowest BCUT2D eigenvalue weighted by Crippen LogP contribution is -2.48. The first-order chi connectivity index (χ1) is 14.4. The summed E-state index contributed by atoms with van der Waals surface area (Å²) in [5.41, 5.74) is 2.46. The number of carbonyl (C=O) groups excluding carboxylic acids is 1. The van der Waals surface area contributed by atoms with Crippen molar-refractivity contribution in [2.75, 3.05) is 50.0 Å². The number of pyridine rings is 1. The number of anilines is 2. The highest BCUT2D eigenvalue weighted by molar-refractivity contribution is 9.10. The smallest absolute Gasteiger partial charge is 0.229 e. The molecule has 1 aliphatic heterocycles. The largest absolute Gasteiger partial charge is 0.365 e. The van der Waals surface area contributed by atoms with Crippen LogP contribution in [-0.2, 0) is 4.79 Å². The van der Waals surface area contributed by atoms with Gasteiger partial charge in [-0.1, -0.05) is 12.7 Å². The number of piperazine rings is 1. The van der Waals surface area contributed by atoms with Crippen molar-refractivity contribution in [3.05, 3.63) is 41.0 Å². The number of rotatable bonds is 6. The second kappa shape index (κ2) is 9.80. The quantitative estimate of drug-likeness (QED) is 0.514. The van der Waals surface area contributed by atoms with Gasteiger partial charge in [0.25, 0.3) is 0 Å². The zero-order chi connectivity index (χ0) is 21.7. The molecule has 1 saturated heterocycles. The van der Waals surface area contributed by atoms with Gasteiger partial charge in [0.1, 0.15) is 5.82 Å². The first-order valence-electron chi connectivity index (χ1n) is 9.74. The fourth-order valence-corrected chi connectivity index (χ4v) is 3.37. The van der Waals surface area contributed by atoms with E-state index in [2.05, 4.69) is 47.7 Å². The van der Waals surface area contributed by atoms with Crippen LogP contribution in [0.15, 0.2) is 46.0 Å². The van der Waals surface area contributed by atoms with Gasteiger partial charge in [0.2, 0.25) is 11.9 Å². The Morgan fingerprint density at radius 2 is 2.00 bits per heavy atom. The molecule has 1 N–H and O–H groups in total. The number of nitrogens with one attached hydrogen (secondary N) is 1. The van der Waals surface area contributed by atoms with Crippen LogP contribution in [0, 0.1) is 0 Å².